The number of nitrogens with one attached hydrogen (secondary N) is 2. The Kier molecular flexibility index (Phi) is 6.27. The molecule has 0 spiro atoms. The van der Waals surface area contributed by atoms with Crippen molar-refractivity contribution in [3.8, 4) is 16.9 Å². The number of benzene rings is 2. The highest BCUT2D eigenvalue weighted by Gasteiger charge is 2.34. The molecule has 2 aromatic rings. The van der Waals surface area contributed by atoms with Gasteiger partial charge in [0.05, 0.1) is 29.4 Å². The van der Waals surface area contributed by atoms with Crippen LogP contribution in [-0.4, -0.2) is 73.0 Å². The van der Waals surface area contributed by atoms with Gasteiger partial charge < -0.3 is 20.3 Å². The van der Waals surface area contributed by atoms with Crippen molar-refractivity contribution in [1.82, 2.24) is 15.1 Å². The first-order chi connectivity index (χ1) is 18.0. The predicted octanol–water partition coefficient (Wildman–Crippen LogP) is 1.04. The number of ether oxygens (including phenoxy) is 1. The zero-order valence-corrected chi connectivity index (χ0v) is 21.1. The Morgan fingerprint density at radius 1 is 1.03 bits per heavy atom. The fourth-order valence-corrected chi connectivity index (χ4v) is 5.76. The molecule has 38 heavy (non-hydrogen) atoms. The molecule has 12 heteroatoms. The van der Waals surface area contributed by atoms with Gasteiger partial charge in [0.25, 0.3) is 23.6 Å². The van der Waals surface area contributed by atoms with Crippen LogP contribution in [0.15, 0.2) is 61.0 Å². The van der Waals surface area contributed by atoms with E-state index in [0.29, 0.717) is 22.6 Å². The monoisotopic (exact) mass is 536 g/mol. The number of carbonyl (C=O) groups excluding carboxylic acids is 4. The molecule has 0 aromatic heterocycles. The van der Waals surface area contributed by atoms with Crippen molar-refractivity contribution in [2.24, 2.45) is 0 Å². The summed E-state index contributed by atoms with van der Waals surface area (Å²) in [5.41, 5.74) is 2.79. The Bertz CT molecular complexity index is 1530. The van der Waals surface area contributed by atoms with Crippen LogP contribution in [0.25, 0.3) is 11.1 Å². The summed E-state index contributed by atoms with van der Waals surface area (Å²) in [5.74, 6) is -1.81. The Balaban J connectivity index is 1.30. The summed E-state index contributed by atoms with van der Waals surface area (Å²) in [6, 6.07) is 10.6. The smallest absolute Gasteiger partial charge is 0.271 e. The number of sulfone groups is 1. The van der Waals surface area contributed by atoms with Crippen molar-refractivity contribution in [2.75, 3.05) is 36.5 Å². The number of hydrogen-bond donors (Lipinski definition) is 2. The molecule has 2 aromatic carbocycles. The molecule has 2 N–H and O–H groups in total. The van der Waals surface area contributed by atoms with Gasteiger partial charge in [-0.1, -0.05) is 31.4 Å². The molecule has 4 amide bonds. The van der Waals surface area contributed by atoms with Gasteiger partial charge in [0.2, 0.25) is 0 Å². The van der Waals surface area contributed by atoms with E-state index in [4.69, 9.17) is 4.74 Å². The van der Waals surface area contributed by atoms with Crippen LogP contribution in [0, 0.1) is 0 Å². The summed E-state index contributed by atoms with van der Waals surface area (Å²) in [5, 5.41) is 5.12. The molecule has 196 valence electrons. The van der Waals surface area contributed by atoms with E-state index in [1.54, 1.807) is 30.3 Å². The highest BCUT2D eigenvalue weighted by atomic mass is 32.2. The second-order valence-corrected chi connectivity index (χ2v) is 11.4. The van der Waals surface area contributed by atoms with Crippen LogP contribution in [0.5, 0.6) is 5.75 Å². The minimum atomic E-state index is -3.18. The highest BCUT2D eigenvalue weighted by molar-refractivity contribution is 7.91. The number of carbonyl (C=O) groups is 4. The van der Waals surface area contributed by atoms with Gasteiger partial charge in [-0.25, -0.2) is 8.42 Å². The van der Waals surface area contributed by atoms with E-state index in [1.165, 1.54) is 9.80 Å². The third-order valence-electron chi connectivity index (χ3n) is 6.64. The Hall–Kier alpha value is -4.45. The molecule has 1 fully saturated rings. The summed E-state index contributed by atoms with van der Waals surface area (Å²) < 4.78 is 28.7. The fraction of sp³-hybridized carbons (Fsp3) is 0.231. The lowest BCUT2D eigenvalue weighted by Gasteiger charge is -2.27. The van der Waals surface area contributed by atoms with Crippen molar-refractivity contribution in [3.05, 3.63) is 72.1 Å². The van der Waals surface area contributed by atoms with Crippen LogP contribution in [0.4, 0.5) is 5.69 Å². The molecule has 11 nitrogen and oxygen atoms in total. The normalized spacial score (nSPS) is 17.6. The molecule has 0 saturated carbocycles. The third-order valence-corrected chi connectivity index (χ3v) is 8.24. The van der Waals surface area contributed by atoms with Gasteiger partial charge in [-0.3, -0.25) is 24.1 Å². The van der Waals surface area contributed by atoms with Gasteiger partial charge in [0.15, 0.2) is 16.4 Å². The first kappa shape index (κ1) is 25.2. The van der Waals surface area contributed by atoms with E-state index < -0.39 is 27.6 Å². The van der Waals surface area contributed by atoms with Gasteiger partial charge in [0.1, 0.15) is 11.4 Å². The zero-order chi connectivity index (χ0) is 27.2. The third kappa shape index (κ3) is 4.65. The lowest BCUT2D eigenvalue weighted by atomic mass is 9.96. The molecular weight excluding hydrogens is 512 g/mol. The maximum absolute atomic E-state index is 13.2. The Labute approximate surface area is 218 Å². The van der Waals surface area contributed by atoms with E-state index in [2.05, 4.69) is 23.8 Å². The molecule has 0 radical (unpaired) electrons. The number of nitrogens with zero attached hydrogens (tertiary/aromatic N) is 2. The van der Waals surface area contributed by atoms with Crippen molar-refractivity contribution < 1.29 is 32.3 Å². The van der Waals surface area contributed by atoms with Crippen LogP contribution in [-0.2, 0) is 30.8 Å². The lowest BCUT2D eigenvalue weighted by molar-refractivity contribution is -0.129. The first-order valence-electron chi connectivity index (χ1n) is 11.7. The summed E-state index contributed by atoms with van der Waals surface area (Å²) in [6.45, 7) is 7.40. The molecule has 0 aliphatic carbocycles. The van der Waals surface area contributed by atoms with Gasteiger partial charge in [-0.05, 0) is 34.9 Å². The van der Waals surface area contributed by atoms with Crippen molar-refractivity contribution >= 4 is 39.2 Å². The predicted molar refractivity (Wildman–Crippen MR) is 138 cm³/mol. The molecule has 3 aliphatic heterocycles. The van der Waals surface area contributed by atoms with E-state index in [-0.39, 0.29) is 55.0 Å². The second kappa shape index (κ2) is 9.45. The largest absolute Gasteiger partial charge is 0.482 e. The molecule has 5 rings (SSSR count). The lowest BCUT2D eigenvalue weighted by Crippen LogP contribution is -2.47. The molecular formula is C26H24N4O7S. The topological polar surface area (TPSA) is 142 Å². The standard InChI is InChI=1S/C26H24N4O7S/c1-15(25(33)29-8-10-38(35,36)11-9-29)27-24(32)16(2)30-13-20-18(4-3-5-19(20)26(30)34)17-6-7-21-22(12-17)37-14-23(31)28-21/h3-7,12H,1-2,8-11,13-14H2,(H,27,32)(H,28,31). The first-order valence-corrected chi connectivity index (χ1v) is 13.6. The summed E-state index contributed by atoms with van der Waals surface area (Å²) in [4.78, 5) is 52.8. The SMILES string of the molecule is C=C(NC(=O)C(=C)N1Cc2c(cccc2-c2ccc3c(c2)OCC(=O)N3)C1=O)C(=O)N1CCS(=O)(=O)CC1. The van der Waals surface area contributed by atoms with Crippen molar-refractivity contribution in [2.45, 2.75) is 6.54 Å². The number of amides is 4. The maximum Gasteiger partial charge on any atom is 0.271 e. The van der Waals surface area contributed by atoms with Crippen LogP contribution in [0.3, 0.4) is 0 Å². The van der Waals surface area contributed by atoms with Crippen LogP contribution >= 0.6 is 0 Å². The quantitative estimate of drug-likeness (QED) is 0.544. The van der Waals surface area contributed by atoms with Crippen molar-refractivity contribution in [3.63, 3.8) is 0 Å². The molecule has 0 unspecified atom stereocenters. The number of hydrogen-bond acceptors (Lipinski definition) is 7. The Morgan fingerprint density at radius 2 is 1.74 bits per heavy atom. The highest BCUT2D eigenvalue weighted by Crippen LogP contribution is 2.38. The fourth-order valence-electron chi connectivity index (χ4n) is 4.56. The minimum Gasteiger partial charge on any atom is -0.482 e. The van der Waals surface area contributed by atoms with Crippen molar-refractivity contribution in [1.29, 1.82) is 0 Å². The van der Waals surface area contributed by atoms with Gasteiger partial charge in [-0.2, -0.15) is 0 Å². The van der Waals surface area contributed by atoms with E-state index >= 15 is 0 Å². The Morgan fingerprint density at radius 3 is 2.47 bits per heavy atom. The van der Waals surface area contributed by atoms with Gasteiger partial charge in [0, 0.05) is 18.7 Å². The zero-order valence-electron chi connectivity index (χ0n) is 20.3. The van der Waals surface area contributed by atoms with Crippen LogP contribution < -0.4 is 15.4 Å². The van der Waals surface area contributed by atoms with Crippen LogP contribution in [0.2, 0.25) is 0 Å². The average molecular weight is 537 g/mol. The number of anilines is 1. The summed E-state index contributed by atoms with van der Waals surface area (Å²) in [7, 11) is -3.18. The molecule has 3 heterocycles. The van der Waals surface area contributed by atoms with E-state index in [9.17, 15) is 27.6 Å². The van der Waals surface area contributed by atoms with Gasteiger partial charge >= 0.3 is 0 Å². The molecule has 0 bridgehead atoms. The average Bonchev–Trinajstić information content (AvgIpc) is 3.23. The van der Waals surface area contributed by atoms with Crippen LogP contribution in [0.1, 0.15) is 15.9 Å². The van der Waals surface area contributed by atoms with E-state index in [1.807, 2.05) is 6.07 Å². The summed E-state index contributed by atoms with van der Waals surface area (Å²) >= 11 is 0. The number of fused-ring (bicyclic) bond motifs is 2. The molecule has 1 saturated heterocycles. The maximum atomic E-state index is 13.2. The molecule has 0 atom stereocenters. The van der Waals surface area contributed by atoms with E-state index in [0.717, 1.165) is 11.1 Å². The molecule has 3 aliphatic rings. The number of rotatable bonds is 5. The summed E-state index contributed by atoms with van der Waals surface area (Å²) in [6.07, 6.45) is 0. The minimum absolute atomic E-state index is 0.0137. The van der Waals surface area contributed by atoms with Gasteiger partial charge in [-0.15, -0.1) is 0 Å². The second-order valence-electron chi connectivity index (χ2n) is 9.09.